The van der Waals surface area contributed by atoms with Gasteiger partial charge >= 0.3 is 0 Å². The van der Waals surface area contributed by atoms with Gasteiger partial charge in [-0.05, 0) is 30.3 Å². The van der Waals surface area contributed by atoms with Crippen LogP contribution >= 0.6 is 0 Å². The van der Waals surface area contributed by atoms with Crippen LogP contribution in [0, 0.1) is 0 Å². The van der Waals surface area contributed by atoms with Gasteiger partial charge in [0.25, 0.3) is 0 Å². The highest BCUT2D eigenvalue weighted by atomic mass is 16.5. The second-order valence-electron chi connectivity index (χ2n) is 4.90. The van der Waals surface area contributed by atoms with Crippen molar-refractivity contribution >= 4 is 5.69 Å². The summed E-state index contributed by atoms with van der Waals surface area (Å²) in [6, 6.07) is 16.8. The molecule has 0 aliphatic rings. The lowest BCUT2D eigenvalue weighted by Crippen LogP contribution is -2.16. The number of benzene rings is 2. The van der Waals surface area contributed by atoms with E-state index in [4.69, 9.17) is 4.74 Å². The van der Waals surface area contributed by atoms with Crippen LogP contribution < -0.4 is 15.0 Å². The molecule has 0 bridgehead atoms. The van der Waals surface area contributed by atoms with E-state index >= 15 is 0 Å². The fourth-order valence-electron chi connectivity index (χ4n) is 2.18. The molecule has 0 saturated carbocycles. The fourth-order valence-corrected chi connectivity index (χ4v) is 2.18. The van der Waals surface area contributed by atoms with Crippen LogP contribution in [0.3, 0.4) is 0 Å². The van der Waals surface area contributed by atoms with Gasteiger partial charge in [0.05, 0.1) is 7.11 Å². The average Bonchev–Trinajstić information content (AvgIpc) is 2.49. The zero-order valence-electron chi connectivity index (χ0n) is 12.4. The zero-order chi connectivity index (χ0) is 14.4. The van der Waals surface area contributed by atoms with Gasteiger partial charge in [-0.15, -0.1) is 0 Å². The number of nitrogens with one attached hydrogen (secondary N) is 1. The minimum absolute atomic E-state index is 0.882. The topological polar surface area (TPSA) is 24.5 Å². The first-order valence-electron chi connectivity index (χ1n) is 6.80. The molecule has 3 nitrogen and oxygen atoms in total. The largest absolute Gasteiger partial charge is 0.497 e. The van der Waals surface area contributed by atoms with E-state index in [0.717, 1.165) is 24.5 Å². The molecule has 0 fully saturated rings. The Hall–Kier alpha value is -2.00. The number of nitrogens with zero attached hydrogens (tertiary/aromatic N) is 1. The molecule has 0 atom stereocenters. The van der Waals surface area contributed by atoms with Crippen molar-refractivity contribution in [3.63, 3.8) is 0 Å². The average molecular weight is 270 g/mol. The lowest BCUT2D eigenvalue weighted by atomic mass is 10.1. The van der Waals surface area contributed by atoms with Crippen molar-refractivity contribution in [3.8, 4) is 5.75 Å². The summed E-state index contributed by atoms with van der Waals surface area (Å²) in [6.45, 7) is 1.79. The molecule has 0 aromatic heterocycles. The molecule has 1 N–H and O–H groups in total. The second-order valence-corrected chi connectivity index (χ2v) is 4.90. The van der Waals surface area contributed by atoms with Crippen LogP contribution in [0.25, 0.3) is 0 Å². The molecule has 0 aliphatic carbocycles. The van der Waals surface area contributed by atoms with E-state index in [1.807, 2.05) is 19.2 Å². The van der Waals surface area contributed by atoms with E-state index in [1.165, 1.54) is 11.1 Å². The summed E-state index contributed by atoms with van der Waals surface area (Å²) in [4.78, 5) is 2.22. The third-order valence-corrected chi connectivity index (χ3v) is 3.32. The van der Waals surface area contributed by atoms with Crippen LogP contribution in [0.15, 0.2) is 48.5 Å². The van der Waals surface area contributed by atoms with Gasteiger partial charge in [-0.1, -0.05) is 30.3 Å². The number of rotatable bonds is 6. The monoisotopic (exact) mass is 270 g/mol. The van der Waals surface area contributed by atoms with Gasteiger partial charge < -0.3 is 15.0 Å². The van der Waals surface area contributed by atoms with Crippen molar-refractivity contribution in [2.45, 2.75) is 13.1 Å². The molecule has 0 aliphatic heterocycles. The van der Waals surface area contributed by atoms with E-state index in [0.29, 0.717) is 0 Å². The number of anilines is 1. The van der Waals surface area contributed by atoms with E-state index in [1.54, 1.807) is 7.11 Å². The Morgan fingerprint density at radius 2 is 1.75 bits per heavy atom. The lowest BCUT2D eigenvalue weighted by molar-refractivity contribution is 0.415. The van der Waals surface area contributed by atoms with E-state index < -0.39 is 0 Å². The normalized spacial score (nSPS) is 10.3. The highest BCUT2D eigenvalue weighted by Crippen LogP contribution is 2.21. The molecule has 0 saturated heterocycles. The van der Waals surface area contributed by atoms with Crippen molar-refractivity contribution in [2.24, 2.45) is 0 Å². The van der Waals surface area contributed by atoms with Crippen LogP contribution in [0.4, 0.5) is 5.69 Å². The Bertz CT molecular complexity index is 537. The number of methoxy groups -OCH3 is 1. The van der Waals surface area contributed by atoms with Gasteiger partial charge in [0, 0.05) is 31.9 Å². The molecule has 2 rings (SSSR count). The number of hydrogen-bond donors (Lipinski definition) is 1. The van der Waals surface area contributed by atoms with Gasteiger partial charge in [-0.25, -0.2) is 0 Å². The fraction of sp³-hybridized carbons (Fsp3) is 0.294. The molecule has 20 heavy (non-hydrogen) atoms. The molecule has 3 heteroatoms. The molecule has 2 aromatic carbocycles. The van der Waals surface area contributed by atoms with E-state index in [9.17, 15) is 0 Å². The van der Waals surface area contributed by atoms with Crippen molar-refractivity contribution in [3.05, 3.63) is 59.7 Å². The standard InChI is InChI=1S/C17H22N2O/c1-18-12-14-7-9-15(10-8-14)13-19(2)16-5-4-6-17(11-16)20-3/h4-11,18H,12-13H2,1-3H3. The quantitative estimate of drug-likeness (QED) is 0.873. The summed E-state index contributed by atoms with van der Waals surface area (Å²) in [5, 5.41) is 3.16. The lowest BCUT2D eigenvalue weighted by Gasteiger charge is -2.20. The Kier molecular flexibility index (Phi) is 5.02. The van der Waals surface area contributed by atoms with Gasteiger partial charge in [-0.3, -0.25) is 0 Å². The van der Waals surface area contributed by atoms with Crippen LogP contribution in [0.1, 0.15) is 11.1 Å². The molecule has 0 amide bonds. The van der Waals surface area contributed by atoms with Gasteiger partial charge in [0.2, 0.25) is 0 Å². The maximum atomic E-state index is 5.26. The summed E-state index contributed by atoms with van der Waals surface area (Å²) in [5.41, 5.74) is 3.76. The molecule has 0 heterocycles. The molecule has 0 radical (unpaired) electrons. The molecular formula is C17H22N2O. The predicted octanol–water partition coefficient (Wildman–Crippen LogP) is 3.05. The minimum Gasteiger partial charge on any atom is -0.497 e. The molecule has 106 valence electrons. The Balaban J connectivity index is 2.04. The summed E-state index contributed by atoms with van der Waals surface area (Å²) in [7, 11) is 5.75. The molecule has 0 spiro atoms. The predicted molar refractivity (Wildman–Crippen MR) is 84.3 cm³/mol. The maximum Gasteiger partial charge on any atom is 0.120 e. The smallest absolute Gasteiger partial charge is 0.120 e. The maximum absolute atomic E-state index is 5.26. The van der Waals surface area contributed by atoms with Crippen LogP contribution in [-0.2, 0) is 13.1 Å². The second kappa shape index (κ2) is 6.96. The Labute approximate surface area is 121 Å². The first-order valence-corrected chi connectivity index (χ1v) is 6.80. The third kappa shape index (κ3) is 3.75. The first-order chi connectivity index (χ1) is 9.72. The van der Waals surface area contributed by atoms with Gasteiger partial charge in [0.15, 0.2) is 0 Å². The SMILES string of the molecule is CNCc1ccc(CN(C)c2cccc(OC)c2)cc1. The molecular weight excluding hydrogens is 248 g/mol. The van der Waals surface area contributed by atoms with Crippen LogP contribution in [0.2, 0.25) is 0 Å². The van der Waals surface area contributed by atoms with Crippen LogP contribution in [-0.4, -0.2) is 21.2 Å². The highest BCUT2D eigenvalue weighted by Gasteiger charge is 2.03. The summed E-state index contributed by atoms with van der Waals surface area (Å²) < 4.78 is 5.26. The van der Waals surface area contributed by atoms with Crippen molar-refractivity contribution in [2.75, 3.05) is 26.1 Å². The number of hydrogen-bond acceptors (Lipinski definition) is 3. The Morgan fingerprint density at radius 1 is 1.05 bits per heavy atom. The Morgan fingerprint density at radius 3 is 2.40 bits per heavy atom. The minimum atomic E-state index is 0.882. The van der Waals surface area contributed by atoms with Crippen molar-refractivity contribution < 1.29 is 4.74 Å². The summed E-state index contributed by atoms with van der Waals surface area (Å²) >= 11 is 0. The summed E-state index contributed by atoms with van der Waals surface area (Å²) in [5.74, 6) is 0.888. The van der Waals surface area contributed by atoms with E-state index in [-0.39, 0.29) is 0 Å². The molecule has 2 aromatic rings. The van der Waals surface area contributed by atoms with Gasteiger partial charge in [-0.2, -0.15) is 0 Å². The van der Waals surface area contributed by atoms with Crippen molar-refractivity contribution in [1.82, 2.24) is 5.32 Å². The zero-order valence-corrected chi connectivity index (χ0v) is 12.4. The molecule has 0 unspecified atom stereocenters. The van der Waals surface area contributed by atoms with Crippen LogP contribution in [0.5, 0.6) is 5.75 Å². The van der Waals surface area contributed by atoms with E-state index in [2.05, 4.69) is 53.7 Å². The number of ether oxygens (including phenoxy) is 1. The van der Waals surface area contributed by atoms with Crippen molar-refractivity contribution in [1.29, 1.82) is 0 Å². The first kappa shape index (κ1) is 14.4. The highest BCUT2D eigenvalue weighted by molar-refractivity contribution is 5.50. The third-order valence-electron chi connectivity index (χ3n) is 3.32. The van der Waals surface area contributed by atoms with Gasteiger partial charge in [0.1, 0.15) is 5.75 Å². The summed E-state index contributed by atoms with van der Waals surface area (Å²) in [6.07, 6.45) is 0.